The Morgan fingerprint density at radius 3 is 2.32 bits per heavy atom. The van der Waals surface area contributed by atoms with Crippen LogP contribution < -0.4 is 4.74 Å². The zero-order chi connectivity index (χ0) is 18.6. The molecule has 2 spiro atoms. The van der Waals surface area contributed by atoms with Crippen LogP contribution in [-0.2, 0) is 4.74 Å². The van der Waals surface area contributed by atoms with Crippen molar-refractivity contribution in [3.05, 3.63) is 24.3 Å². The van der Waals surface area contributed by atoms with Crippen molar-refractivity contribution in [2.75, 3.05) is 39.4 Å². The van der Waals surface area contributed by atoms with Crippen molar-refractivity contribution in [1.82, 2.24) is 9.21 Å². The summed E-state index contributed by atoms with van der Waals surface area (Å²) in [4.78, 5) is 4.11. The van der Waals surface area contributed by atoms with E-state index >= 15 is 0 Å². The summed E-state index contributed by atoms with van der Waals surface area (Å²) in [5.74, 6) is 1.03. The summed E-state index contributed by atoms with van der Waals surface area (Å²) in [5.41, 5.74) is 1.19. The van der Waals surface area contributed by atoms with E-state index in [-0.39, 0.29) is 0 Å². The summed E-state index contributed by atoms with van der Waals surface area (Å²) < 4.78 is 13.9. The van der Waals surface area contributed by atoms with Gasteiger partial charge in [-0.15, -0.1) is 0 Å². The van der Waals surface area contributed by atoms with Gasteiger partial charge in [-0.25, -0.2) is 4.31 Å². The van der Waals surface area contributed by atoms with E-state index in [1.165, 1.54) is 76.0 Å². The summed E-state index contributed by atoms with van der Waals surface area (Å²) in [6.07, 6.45) is 9.99. The molecular formula is C23H32N2O2S. The molecule has 0 N–H and O–H groups in total. The molecule has 6 rings (SSSR count). The van der Waals surface area contributed by atoms with Gasteiger partial charge in [-0.05, 0) is 86.6 Å². The van der Waals surface area contributed by atoms with E-state index in [0.717, 1.165) is 25.0 Å². The number of benzene rings is 1. The second kappa shape index (κ2) is 6.90. The van der Waals surface area contributed by atoms with Gasteiger partial charge in [-0.3, -0.25) is 4.90 Å². The third kappa shape index (κ3) is 3.49. The van der Waals surface area contributed by atoms with Crippen molar-refractivity contribution >= 4 is 11.9 Å². The minimum absolute atomic E-state index is 0.482. The highest BCUT2D eigenvalue weighted by atomic mass is 32.2. The Bertz CT molecular complexity index is 700. The van der Waals surface area contributed by atoms with Crippen LogP contribution in [0.25, 0.3) is 0 Å². The molecule has 0 amide bonds. The summed E-state index contributed by atoms with van der Waals surface area (Å²) in [6.45, 7) is 7.10. The summed E-state index contributed by atoms with van der Waals surface area (Å²) in [5, 5.41) is 0. The molecule has 5 fully saturated rings. The van der Waals surface area contributed by atoms with Crippen molar-refractivity contribution in [3.63, 3.8) is 0 Å². The highest BCUT2D eigenvalue weighted by molar-refractivity contribution is 7.97. The first-order valence-electron chi connectivity index (χ1n) is 11.2. The molecule has 1 atom stereocenters. The van der Waals surface area contributed by atoms with Gasteiger partial charge in [0, 0.05) is 42.5 Å². The van der Waals surface area contributed by atoms with Gasteiger partial charge in [0.1, 0.15) is 5.75 Å². The van der Waals surface area contributed by atoms with Crippen molar-refractivity contribution in [2.45, 2.75) is 62.0 Å². The standard InChI is InChI=1S/C23H32N2O2S/c1-2-19(1)27-20-3-5-21(6-4-20)28-25-11-9-22(10-12-25)8-7-18(13-22)24-14-23(15-24)16-26-17-23/h3-6,18-19H,1-2,7-17H2. The van der Waals surface area contributed by atoms with Crippen LogP contribution in [0.15, 0.2) is 29.2 Å². The van der Waals surface area contributed by atoms with Gasteiger partial charge in [0.15, 0.2) is 0 Å². The van der Waals surface area contributed by atoms with Gasteiger partial charge in [-0.1, -0.05) is 0 Å². The van der Waals surface area contributed by atoms with Gasteiger partial charge >= 0.3 is 0 Å². The topological polar surface area (TPSA) is 24.9 Å². The lowest BCUT2D eigenvalue weighted by Gasteiger charge is -2.57. The largest absolute Gasteiger partial charge is 0.490 e. The number of nitrogens with zero attached hydrogens (tertiary/aromatic N) is 2. The molecule has 152 valence electrons. The average Bonchev–Trinajstić information content (AvgIpc) is 3.36. The first kappa shape index (κ1) is 18.1. The Morgan fingerprint density at radius 1 is 0.929 bits per heavy atom. The molecule has 5 aliphatic rings. The molecule has 5 heteroatoms. The normalized spacial score (nSPS) is 31.6. The van der Waals surface area contributed by atoms with Crippen molar-refractivity contribution in [3.8, 4) is 5.75 Å². The second-order valence-electron chi connectivity index (χ2n) is 10.1. The molecule has 1 unspecified atom stereocenters. The number of ether oxygens (including phenoxy) is 2. The van der Waals surface area contributed by atoms with Gasteiger partial charge < -0.3 is 9.47 Å². The van der Waals surface area contributed by atoms with E-state index in [2.05, 4.69) is 33.5 Å². The molecular weight excluding hydrogens is 368 g/mol. The van der Waals surface area contributed by atoms with E-state index < -0.39 is 0 Å². The molecule has 1 aromatic carbocycles. The molecule has 4 nitrogen and oxygen atoms in total. The van der Waals surface area contributed by atoms with Crippen LogP contribution in [0.5, 0.6) is 5.75 Å². The van der Waals surface area contributed by atoms with Crippen molar-refractivity contribution in [2.24, 2.45) is 10.8 Å². The molecule has 0 radical (unpaired) electrons. The van der Waals surface area contributed by atoms with Crippen LogP contribution in [0.1, 0.15) is 44.9 Å². The van der Waals surface area contributed by atoms with E-state index in [1.807, 2.05) is 11.9 Å². The first-order valence-corrected chi connectivity index (χ1v) is 12.0. The van der Waals surface area contributed by atoms with Crippen LogP contribution in [0.2, 0.25) is 0 Å². The molecule has 1 aromatic rings. The molecule has 3 aliphatic heterocycles. The maximum atomic E-state index is 5.87. The van der Waals surface area contributed by atoms with Gasteiger partial charge in [0.2, 0.25) is 0 Å². The van der Waals surface area contributed by atoms with E-state index in [4.69, 9.17) is 9.47 Å². The zero-order valence-electron chi connectivity index (χ0n) is 16.8. The highest BCUT2D eigenvalue weighted by Gasteiger charge is 2.53. The fraction of sp³-hybridized carbons (Fsp3) is 0.739. The predicted octanol–water partition coefficient (Wildman–Crippen LogP) is 4.20. The average molecular weight is 401 g/mol. The van der Waals surface area contributed by atoms with E-state index in [9.17, 15) is 0 Å². The van der Waals surface area contributed by atoms with Crippen LogP contribution >= 0.6 is 11.9 Å². The Labute approximate surface area is 173 Å². The Kier molecular flexibility index (Phi) is 4.45. The maximum Gasteiger partial charge on any atom is 0.119 e. The van der Waals surface area contributed by atoms with Gasteiger partial charge in [-0.2, -0.15) is 0 Å². The summed E-state index contributed by atoms with van der Waals surface area (Å²) >= 11 is 1.94. The Balaban J connectivity index is 0.981. The number of rotatable bonds is 5. The molecule has 2 aliphatic carbocycles. The van der Waals surface area contributed by atoms with Crippen LogP contribution in [-0.4, -0.2) is 60.7 Å². The minimum atomic E-state index is 0.482. The SMILES string of the molecule is c1cc(SN2CCC3(CCC(N4CC5(COC5)C4)C3)CC2)ccc1OC1CC1. The maximum absolute atomic E-state index is 5.87. The third-order valence-electron chi connectivity index (χ3n) is 7.75. The monoisotopic (exact) mass is 400 g/mol. The smallest absolute Gasteiger partial charge is 0.119 e. The van der Waals surface area contributed by atoms with Gasteiger partial charge in [0.25, 0.3) is 0 Å². The number of likely N-dealkylation sites (tertiary alicyclic amines) is 1. The van der Waals surface area contributed by atoms with Crippen molar-refractivity contribution < 1.29 is 9.47 Å². The van der Waals surface area contributed by atoms with Crippen molar-refractivity contribution in [1.29, 1.82) is 0 Å². The van der Waals surface area contributed by atoms with Crippen LogP contribution in [0.3, 0.4) is 0 Å². The summed E-state index contributed by atoms with van der Waals surface area (Å²) in [6, 6.07) is 9.58. The molecule has 0 bridgehead atoms. The van der Waals surface area contributed by atoms with E-state index in [0.29, 0.717) is 16.9 Å². The molecule has 28 heavy (non-hydrogen) atoms. The van der Waals surface area contributed by atoms with Crippen LogP contribution in [0, 0.1) is 10.8 Å². The lowest BCUT2D eigenvalue weighted by atomic mass is 9.75. The molecule has 2 saturated carbocycles. The fourth-order valence-electron chi connectivity index (χ4n) is 5.75. The fourth-order valence-corrected chi connectivity index (χ4v) is 6.67. The molecule has 3 saturated heterocycles. The third-order valence-corrected chi connectivity index (χ3v) is 8.86. The van der Waals surface area contributed by atoms with E-state index in [1.54, 1.807) is 0 Å². The highest BCUT2D eigenvalue weighted by Crippen LogP contribution is 2.51. The van der Waals surface area contributed by atoms with Crippen LogP contribution in [0.4, 0.5) is 0 Å². The second-order valence-corrected chi connectivity index (χ2v) is 11.3. The zero-order valence-corrected chi connectivity index (χ0v) is 17.6. The predicted molar refractivity (Wildman–Crippen MR) is 112 cm³/mol. The number of hydrogen-bond donors (Lipinski definition) is 0. The number of piperidine rings is 1. The molecule has 3 heterocycles. The number of hydrogen-bond acceptors (Lipinski definition) is 5. The molecule has 0 aromatic heterocycles. The summed E-state index contributed by atoms with van der Waals surface area (Å²) in [7, 11) is 0. The minimum Gasteiger partial charge on any atom is -0.490 e. The quantitative estimate of drug-likeness (QED) is 0.690. The first-order chi connectivity index (χ1) is 13.7. The Hall–Kier alpha value is -0.750. The van der Waals surface area contributed by atoms with Gasteiger partial charge in [0.05, 0.1) is 19.3 Å². The lowest BCUT2D eigenvalue weighted by Crippen LogP contribution is -2.67. The Morgan fingerprint density at radius 2 is 1.68 bits per heavy atom. The lowest BCUT2D eigenvalue weighted by molar-refractivity contribution is -0.198.